The smallest absolute Gasteiger partial charge is 0.262 e. The molecule has 0 spiro atoms. The molecule has 8 heteroatoms. The second kappa shape index (κ2) is 8.92. The molecule has 2 aromatic rings. The van der Waals surface area contributed by atoms with Crippen molar-refractivity contribution in [3.8, 4) is 0 Å². The molecule has 0 unspecified atom stereocenters. The number of sulfonamides is 2. The van der Waals surface area contributed by atoms with Crippen molar-refractivity contribution < 1.29 is 16.8 Å². The van der Waals surface area contributed by atoms with E-state index in [4.69, 9.17) is 0 Å². The lowest BCUT2D eigenvalue weighted by Crippen LogP contribution is -2.31. The molecule has 1 N–H and O–H groups in total. The van der Waals surface area contributed by atoms with Crippen molar-refractivity contribution in [2.75, 3.05) is 17.8 Å². The third-order valence-electron chi connectivity index (χ3n) is 6.51. The molecule has 6 nitrogen and oxygen atoms in total. The van der Waals surface area contributed by atoms with Crippen LogP contribution in [0.5, 0.6) is 0 Å². The highest BCUT2D eigenvalue weighted by atomic mass is 32.2. The minimum Gasteiger partial charge on any atom is -0.280 e. The number of anilines is 1. The van der Waals surface area contributed by atoms with Crippen LogP contribution in [0.15, 0.2) is 34.1 Å². The van der Waals surface area contributed by atoms with Crippen LogP contribution in [-0.2, 0) is 20.0 Å². The molecule has 0 radical (unpaired) electrons. The topological polar surface area (TPSA) is 83.5 Å². The van der Waals surface area contributed by atoms with Gasteiger partial charge in [-0.25, -0.2) is 16.8 Å². The molecule has 1 aliphatic heterocycles. The van der Waals surface area contributed by atoms with Gasteiger partial charge in [0.2, 0.25) is 10.0 Å². The zero-order chi connectivity index (χ0) is 23.0. The van der Waals surface area contributed by atoms with Crippen molar-refractivity contribution in [1.82, 2.24) is 4.31 Å². The maximum absolute atomic E-state index is 13.2. The summed E-state index contributed by atoms with van der Waals surface area (Å²) in [5.41, 5.74) is 4.81. The van der Waals surface area contributed by atoms with E-state index >= 15 is 0 Å². The van der Waals surface area contributed by atoms with E-state index < -0.39 is 20.0 Å². The highest BCUT2D eigenvalue weighted by molar-refractivity contribution is 7.92. The Bertz CT molecular complexity index is 1150. The quantitative estimate of drug-likeness (QED) is 0.701. The van der Waals surface area contributed by atoms with Crippen LogP contribution in [0, 0.1) is 34.6 Å². The fourth-order valence-electron chi connectivity index (χ4n) is 4.20. The standard InChI is InChI=1S/C23H32N2O4S2/c1-16-17(2)19(4)23(20(5)18(16)3)30(26,27)24-21-10-12-22(13-11-21)31(28,29)25-14-8-6-7-9-15-25/h10-13,24H,6-9,14-15H2,1-5H3. The Morgan fingerprint density at radius 2 is 1.13 bits per heavy atom. The van der Waals surface area contributed by atoms with Gasteiger partial charge in [-0.05, 0) is 99.5 Å². The first kappa shape index (κ1) is 23.8. The molecule has 1 fully saturated rings. The Hall–Kier alpha value is -1.90. The van der Waals surface area contributed by atoms with Crippen LogP contribution in [0.3, 0.4) is 0 Å². The number of rotatable bonds is 5. The van der Waals surface area contributed by atoms with Crippen molar-refractivity contribution in [1.29, 1.82) is 0 Å². The van der Waals surface area contributed by atoms with Gasteiger partial charge in [0.15, 0.2) is 0 Å². The number of hydrogen-bond acceptors (Lipinski definition) is 4. The molecule has 1 aliphatic rings. The lowest BCUT2D eigenvalue weighted by molar-refractivity contribution is 0.424. The van der Waals surface area contributed by atoms with Gasteiger partial charge >= 0.3 is 0 Å². The van der Waals surface area contributed by atoms with E-state index in [1.807, 2.05) is 34.6 Å². The molecule has 0 aliphatic carbocycles. The van der Waals surface area contributed by atoms with Gasteiger partial charge in [-0.3, -0.25) is 4.72 Å². The first-order valence-corrected chi connectivity index (χ1v) is 13.6. The third-order valence-corrected chi connectivity index (χ3v) is 10.1. The Balaban J connectivity index is 1.89. The number of nitrogens with zero attached hydrogens (tertiary/aromatic N) is 1. The Labute approximate surface area is 186 Å². The van der Waals surface area contributed by atoms with Crippen LogP contribution in [0.25, 0.3) is 0 Å². The van der Waals surface area contributed by atoms with Gasteiger partial charge in [0, 0.05) is 18.8 Å². The van der Waals surface area contributed by atoms with E-state index in [0.717, 1.165) is 53.5 Å². The predicted molar refractivity (Wildman–Crippen MR) is 125 cm³/mol. The molecule has 0 amide bonds. The lowest BCUT2D eigenvalue weighted by Gasteiger charge is -2.21. The fraction of sp³-hybridized carbons (Fsp3) is 0.478. The second-order valence-electron chi connectivity index (χ2n) is 8.40. The van der Waals surface area contributed by atoms with E-state index in [9.17, 15) is 16.8 Å². The normalized spacial score (nSPS) is 16.2. The van der Waals surface area contributed by atoms with Crippen molar-refractivity contribution in [3.63, 3.8) is 0 Å². The summed E-state index contributed by atoms with van der Waals surface area (Å²) in [6, 6.07) is 5.98. The number of nitrogens with one attached hydrogen (secondary N) is 1. The summed E-state index contributed by atoms with van der Waals surface area (Å²) in [5, 5.41) is 0. The molecule has 0 aromatic heterocycles. The van der Waals surface area contributed by atoms with E-state index in [0.29, 0.717) is 18.8 Å². The Morgan fingerprint density at radius 3 is 1.61 bits per heavy atom. The summed E-state index contributed by atoms with van der Waals surface area (Å²) >= 11 is 0. The summed E-state index contributed by atoms with van der Waals surface area (Å²) in [6.45, 7) is 10.6. The van der Waals surface area contributed by atoms with Crippen LogP contribution < -0.4 is 4.72 Å². The fourth-order valence-corrected chi connectivity index (χ4v) is 7.38. The van der Waals surface area contributed by atoms with Gasteiger partial charge in [0.25, 0.3) is 10.0 Å². The SMILES string of the molecule is Cc1c(C)c(C)c(S(=O)(=O)Nc2ccc(S(=O)(=O)N3CCCCCC3)cc2)c(C)c1C. The van der Waals surface area contributed by atoms with Gasteiger partial charge in [0.05, 0.1) is 9.79 Å². The largest absolute Gasteiger partial charge is 0.280 e. The van der Waals surface area contributed by atoms with Crippen LogP contribution in [0.2, 0.25) is 0 Å². The van der Waals surface area contributed by atoms with Crippen molar-refractivity contribution in [2.45, 2.75) is 70.1 Å². The summed E-state index contributed by atoms with van der Waals surface area (Å²) in [5.74, 6) is 0. The van der Waals surface area contributed by atoms with Crippen LogP contribution in [0.1, 0.15) is 53.5 Å². The first-order valence-electron chi connectivity index (χ1n) is 10.7. The minimum atomic E-state index is -3.82. The number of benzene rings is 2. The van der Waals surface area contributed by atoms with Gasteiger partial charge < -0.3 is 0 Å². The molecule has 1 saturated heterocycles. The summed E-state index contributed by atoms with van der Waals surface area (Å²) in [7, 11) is -7.39. The molecular formula is C23H32N2O4S2. The molecule has 1 heterocycles. The van der Waals surface area contributed by atoms with Gasteiger partial charge in [-0.15, -0.1) is 0 Å². The first-order chi connectivity index (χ1) is 14.5. The van der Waals surface area contributed by atoms with Crippen LogP contribution in [0.4, 0.5) is 5.69 Å². The van der Waals surface area contributed by atoms with Crippen molar-refractivity contribution in [3.05, 3.63) is 52.1 Å². The van der Waals surface area contributed by atoms with Crippen molar-refractivity contribution in [2.24, 2.45) is 0 Å². The lowest BCUT2D eigenvalue weighted by atomic mass is 9.95. The van der Waals surface area contributed by atoms with E-state index in [1.165, 1.54) is 28.6 Å². The predicted octanol–water partition coefficient (Wildman–Crippen LogP) is 4.59. The average molecular weight is 465 g/mol. The number of hydrogen-bond donors (Lipinski definition) is 1. The highest BCUT2D eigenvalue weighted by Gasteiger charge is 2.26. The van der Waals surface area contributed by atoms with Crippen LogP contribution >= 0.6 is 0 Å². The summed E-state index contributed by atoms with van der Waals surface area (Å²) < 4.78 is 56.4. The maximum Gasteiger partial charge on any atom is 0.262 e. The second-order valence-corrected chi connectivity index (χ2v) is 12.0. The third kappa shape index (κ3) is 4.66. The molecule has 0 atom stereocenters. The van der Waals surface area contributed by atoms with E-state index in [1.54, 1.807) is 0 Å². The van der Waals surface area contributed by atoms with Gasteiger partial charge in [-0.2, -0.15) is 4.31 Å². The van der Waals surface area contributed by atoms with Gasteiger partial charge in [0.1, 0.15) is 0 Å². The maximum atomic E-state index is 13.2. The monoisotopic (exact) mass is 464 g/mol. The zero-order valence-corrected chi connectivity index (χ0v) is 20.6. The molecule has 3 rings (SSSR count). The highest BCUT2D eigenvalue weighted by Crippen LogP contribution is 2.31. The van der Waals surface area contributed by atoms with E-state index in [2.05, 4.69) is 4.72 Å². The molecule has 2 aromatic carbocycles. The summed E-state index contributed by atoms with van der Waals surface area (Å²) in [4.78, 5) is 0.473. The van der Waals surface area contributed by atoms with Crippen molar-refractivity contribution >= 4 is 25.7 Å². The Kier molecular flexibility index (Phi) is 6.84. The molecule has 0 bridgehead atoms. The summed E-state index contributed by atoms with van der Waals surface area (Å²) in [6.07, 6.45) is 3.82. The molecule has 0 saturated carbocycles. The molecular weight excluding hydrogens is 432 g/mol. The van der Waals surface area contributed by atoms with Crippen LogP contribution in [-0.4, -0.2) is 34.2 Å². The molecule has 31 heavy (non-hydrogen) atoms. The minimum absolute atomic E-state index is 0.187. The van der Waals surface area contributed by atoms with E-state index in [-0.39, 0.29) is 9.79 Å². The van der Waals surface area contributed by atoms with Gasteiger partial charge in [-0.1, -0.05) is 12.8 Å². The Morgan fingerprint density at radius 1 is 0.677 bits per heavy atom. The average Bonchev–Trinajstić information content (AvgIpc) is 3.01. The zero-order valence-electron chi connectivity index (χ0n) is 18.9. The molecule has 170 valence electrons.